The smallest absolute Gasteiger partial charge is 0.242 e. The molecular formula is C13H26N2O3. The lowest BCUT2D eigenvalue weighted by molar-refractivity contribution is -0.128. The summed E-state index contributed by atoms with van der Waals surface area (Å²) in [6.07, 6.45) is -0.492. The third kappa shape index (κ3) is 5.49. The molecule has 2 unspecified atom stereocenters. The largest absolute Gasteiger partial charge is 0.392 e. The van der Waals surface area contributed by atoms with Crippen LogP contribution in [0.15, 0.2) is 0 Å². The Bertz CT molecular complexity index is 301. The SMILES string of the molecule is CC(=O)NC(C)C(=O)NCC(C)(C)C(O)C(C)C. The molecule has 0 bridgehead atoms. The van der Waals surface area contributed by atoms with Gasteiger partial charge >= 0.3 is 0 Å². The summed E-state index contributed by atoms with van der Waals surface area (Å²) in [5.41, 5.74) is -0.403. The molecule has 2 atom stereocenters. The van der Waals surface area contributed by atoms with Gasteiger partial charge in [-0.15, -0.1) is 0 Å². The molecular weight excluding hydrogens is 232 g/mol. The van der Waals surface area contributed by atoms with Crippen molar-refractivity contribution in [1.82, 2.24) is 10.6 Å². The van der Waals surface area contributed by atoms with Crippen LogP contribution in [-0.4, -0.2) is 35.6 Å². The number of carbonyl (C=O) groups excluding carboxylic acids is 2. The van der Waals surface area contributed by atoms with E-state index in [1.165, 1.54) is 6.92 Å². The molecule has 0 aliphatic heterocycles. The lowest BCUT2D eigenvalue weighted by atomic mass is 9.80. The summed E-state index contributed by atoms with van der Waals surface area (Å²) in [5, 5.41) is 15.3. The van der Waals surface area contributed by atoms with E-state index in [-0.39, 0.29) is 17.7 Å². The van der Waals surface area contributed by atoms with E-state index in [2.05, 4.69) is 10.6 Å². The second kappa shape index (κ2) is 6.73. The Balaban J connectivity index is 4.31. The van der Waals surface area contributed by atoms with Crippen LogP contribution in [0.4, 0.5) is 0 Å². The van der Waals surface area contributed by atoms with Gasteiger partial charge in [-0.1, -0.05) is 27.7 Å². The van der Waals surface area contributed by atoms with Gasteiger partial charge in [0.2, 0.25) is 11.8 Å². The summed E-state index contributed by atoms with van der Waals surface area (Å²) < 4.78 is 0. The third-order valence-electron chi connectivity index (χ3n) is 2.96. The number of aliphatic hydroxyl groups excluding tert-OH is 1. The molecule has 2 amide bonds. The highest BCUT2D eigenvalue weighted by molar-refractivity contribution is 5.86. The van der Waals surface area contributed by atoms with Crippen molar-refractivity contribution < 1.29 is 14.7 Å². The molecule has 5 heteroatoms. The number of amides is 2. The zero-order chi connectivity index (χ0) is 14.5. The average molecular weight is 258 g/mol. The van der Waals surface area contributed by atoms with Gasteiger partial charge in [-0.05, 0) is 12.8 Å². The highest BCUT2D eigenvalue weighted by Crippen LogP contribution is 2.24. The first-order chi connectivity index (χ1) is 8.08. The van der Waals surface area contributed by atoms with Gasteiger partial charge in [0.05, 0.1) is 6.10 Å². The molecule has 0 heterocycles. The van der Waals surface area contributed by atoms with E-state index in [4.69, 9.17) is 0 Å². The van der Waals surface area contributed by atoms with Crippen LogP contribution in [0.3, 0.4) is 0 Å². The first kappa shape index (κ1) is 16.9. The van der Waals surface area contributed by atoms with Gasteiger partial charge in [0.25, 0.3) is 0 Å². The van der Waals surface area contributed by atoms with Crippen molar-refractivity contribution in [3.05, 3.63) is 0 Å². The minimum Gasteiger partial charge on any atom is -0.392 e. The lowest BCUT2D eigenvalue weighted by Gasteiger charge is -2.33. The van der Waals surface area contributed by atoms with E-state index >= 15 is 0 Å². The van der Waals surface area contributed by atoms with Crippen LogP contribution < -0.4 is 10.6 Å². The van der Waals surface area contributed by atoms with E-state index in [1.807, 2.05) is 27.7 Å². The molecule has 0 aromatic heterocycles. The topological polar surface area (TPSA) is 78.4 Å². The molecule has 5 nitrogen and oxygen atoms in total. The Kier molecular flexibility index (Phi) is 6.32. The van der Waals surface area contributed by atoms with Crippen molar-refractivity contribution in [2.75, 3.05) is 6.54 Å². The number of aliphatic hydroxyl groups is 1. The maximum atomic E-state index is 11.7. The average Bonchev–Trinajstić information content (AvgIpc) is 2.23. The molecule has 0 aromatic carbocycles. The van der Waals surface area contributed by atoms with E-state index in [0.717, 1.165) is 0 Å². The van der Waals surface area contributed by atoms with Gasteiger partial charge in [0, 0.05) is 18.9 Å². The molecule has 0 aliphatic rings. The summed E-state index contributed by atoms with van der Waals surface area (Å²) in [7, 11) is 0. The first-order valence-corrected chi connectivity index (χ1v) is 6.30. The van der Waals surface area contributed by atoms with Crippen molar-refractivity contribution in [2.45, 2.75) is 53.7 Å². The van der Waals surface area contributed by atoms with Gasteiger partial charge in [-0.25, -0.2) is 0 Å². The lowest BCUT2D eigenvalue weighted by Crippen LogP contribution is -2.49. The van der Waals surface area contributed by atoms with Crippen molar-refractivity contribution in [1.29, 1.82) is 0 Å². The summed E-state index contributed by atoms with van der Waals surface area (Å²) >= 11 is 0. The van der Waals surface area contributed by atoms with Crippen molar-refractivity contribution in [3.8, 4) is 0 Å². The molecule has 0 rings (SSSR count). The summed E-state index contributed by atoms with van der Waals surface area (Å²) in [6.45, 7) is 11.1. The second-order valence-corrected chi connectivity index (χ2v) is 5.82. The summed E-state index contributed by atoms with van der Waals surface area (Å²) in [6, 6.07) is -0.561. The normalized spacial score (nSPS) is 15.1. The maximum Gasteiger partial charge on any atom is 0.242 e. The second-order valence-electron chi connectivity index (χ2n) is 5.82. The molecule has 0 fully saturated rings. The quantitative estimate of drug-likeness (QED) is 0.655. The van der Waals surface area contributed by atoms with Gasteiger partial charge in [-0.2, -0.15) is 0 Å². The van der Waals surface area contributed by atoms with Crippen LogP contribution in [0.25, 0.3) is 0 Å². The summed E-state index contributed by atoms with van der Waals surface area (Å²) in [5.74, 6) is -0.349. The molecule has 0 aliphatic carbocycles. The number of rotatable bonds is 6. The van der Waals surface area contributed by atoms with E-state index in [1.54, 1.807) is 6.92 Å². The zero-order valence-electron chi connectivity index (χ0n) is 12.2. The van der Waals surface area contributed by atoms with E-state index in [9.17, 15) is 14.7 Å². The minimum absolute atomic E-state index is 0.129. The van der Waals surface area contributed by atoms with E-state index < -0.39 is 17.6 Å². The molecule has 0 aromatic rings. The molecule has 0 saturated carbocycles. The Labute approximate surface area is 109 Å². The van der Waals surface area contributed by atoms with Crippen LogP contribution >= 0.6 is 0 Å². The van der Waals surface area contributed by atoms with Gasteiger partial charge in [0.15, 0.2) is 0 Å². The van der Waals surface area contributed by atoms with Crippen LogP contribution in [0.2, 0.25) is 0 Å². The number of hydrogen-bond acceptors (Lipinski definition) is 3. The van der Waals surface area contributed by atoms with Crippen molar-refractivity contribution in [3.63, 3.8) is 0 Å². The van der Waals surface area contributed by atoms with Crippen LogP contribution in [0.5, 0.6) is 0 Å². The molecule has 18 heavy (non-hydrogen) atoms. The molecule has 3 N–H and O–H groups in total. The minimum atomic E-state index is -0.561. The molecule has 106 valence electrons. The maximum absolute atomic E-state index is 11.7. The first-order valence-electron chi connectivity index (χ1n) is 6.30. The molecule has 0 spiro atoms. The van der Waals surface area contributed by atoms with E-state index in [0.29, 0.717) is 6.54 Å². The predicted octanol–water partition coefficient (Wildman–Crippen LogP) is 0.670. The standard InChI is InChI=1S/C13H26N2O3/c1-8(2)11(17)13(5,6)7-14-12(18)9(3)15-10(4)16/h8-9,11,17H,7H2,1-6H3,(H,14,18)(H,15,16). The van der Waals surface area contributed by atoms with Crippen LogP contribution in [0.1, 0.15) is 41.5 Å². The highest BCUT2D eigenvalue weighted by Gasteiger charge is 2.31. The summed E-state index contributed by atoms with van der Waals surface area (Å²) in [4.78, 5) is 22.5. The van der Waals surface area contributed by atoms with Gasteiger partial charge in [0.1, 0.15) is 6.04 Å². The van der Waals surface area contributed by atoms with Crippen LogP contribution in [-0.2, 0) is 9.59 Å². The van der Waals surface area contributed by atoms with Gasteiger partial charge in [-0.3, -0.25) is 9.59 Å². The number of hydrogen-bond donors (Lipinski definition) is 3. The fourth-order valence-electron chi connectivity index (χ4n) is 1.85. The van der Waals surface area contributed by atoms with Crippen LogP contribution in [0, 0.1) is 11.3 Å². The third-order valence-corrected chi connectivity index (χ3v) is 2.96. The van der Waals surface area contributed by atoms with Gasteiger partial charge < -0.3 is 15.7 Å². The predicted molar refractivity (Wildman–Crippen MR) is 70.9 cm³/mol. The Morgan fingerprint density at radius 3 is 2.11 bits per heavy atom. The number of carbonyl (C=O) groups is 2. The number of nitrogens with one attached hydrogen (secondary N) is 2. The molecule has 0 radical (unpaired) electrons. The Morgan fingerprint density at radius 2 is 1.72 bits per heavy atom. The monoisotopic (exact) mass is 258 g/mol. The fourth-order valence-corrected chi connectivity index (χ4v) is 1.85. The molecule has 0 saturated heterocycles. The fraction of sp³-hybridized carbons (Fsp3) is 0.846. The Hall–Kier alpha value is -1.10. The van der Waals surface area contributed by atoms with Crippen molar-refractivity contribution >= 4 is 11.8 Å². The highest BCUT2D eigenvalue weighted by atomic mass is 16.3. The zero-order valence-corrected chi connectivity index (χ0v) is 12.2. The Morgan fingerprint density at radius 1 is 1.22 bits per heavy atom. The van der Waals surface area contributed by atoms with Crippen molar-refractivity contribution in [2.24, 2.45) is 11.3 Å².